The summed E-state index contributed by atoms with van der Waals surface area (Å²) in [5.41, 5.74) is 5.34. The van der Waals surface area contributed by atoms with Crippen molar-refractivity contribution >= 4 is 29.0 Å². The highest BCUT2D eigenvalue weighted by Crippen LogP contribution is 2.64. The molecule has 0 spiro atoms. The molecule has 1 aliphatic heterocycles. The Hall–Kier alpha value is -2.59. The molecule has 5 heteroatoms. The lowest BCUT2D eigenvalue weighted by molar-refractivity contribution is -0.127. The number of rotatable bonds is 3. The van der Waals surface area contributed by atoms with Gasteiger partial charge in [-0.05, 0) is 95.6 Å². The van der Waals surface area contributed by atoms with E-state index >= 15 is 0 Å². The van der Waals surface area contributed by atoms with Gasteiger partial charge in [-0.2, -0.15) is 0 Å². The van der Waals surface area contributed by atoms with Gasteiger partial charge in [-0.1, -0.05) is 70.5 Å². The van der Waals surface area contributed by atoms with Crippen molar-refractivity contribution in [2.45, 2.75) is 78.6 Å². The molecule has 6 atom stereocenters. The van der Waals surface area contributed by atoms with E-state index < -0.39 is 0 Å². The number of amides is 1. The van der Waals surface area contributed by atoms with Crippen LogP contribution in [0, 0.1) is 34.5 Å². The van der Waals surface area contributed by atoms with E-state index in [9.17, 15) is 9.59 Å². The van der Waals surface area contributed by atoms with Gasteiger partial charge >= 0.3 is 0 Å². The van der Waals surface area contributed by atoms with E-state index in [4.69, 9.17) is 11.6 Å². The number of carbonyl (C=O) groups is 2. The number of allylic oxidation sites excluding steroid dienone is 2. The number of hydrogen-bond acceptors (Lipinski definition) is 3. The monoisotopic (exact) mass is 558 g/mol. The lowest BCUT2D eigenvalue weighted by atomic mass is 9.50. The number of benzene rings is 2. The van der Waals surface area contributed by atoms with Gasteiger partial charge in [-0.3, -0.25) is 9.59 Å². The van der Waals surface area contributed by atoms with Gasteiger partial charge in [-0.15, -0.1) is 0 Å². The first-order valence-electron chi connectivity index (χ1n) is 15.1. The Morgan fingerprint density at radius 1 is 0.975 bits per heavy atom. The van der Waals surface area contributed by atoms with Crippen molar-refractivity contribution in [1.29, 1.82) is 0 Å². The topological polar surface area (TPSA) is 58.2 Å². The minimum Gasteiger partial charge on any atom is -0.387 e. The van der Waals surface area contributed by atoms with E-state index in [1.807, 2.05) is 30.3 Å². The van der Waals surface area contributed by atoms with Crippen molar-refractivity contribution in [2.75, 3.05) is 11.9 Å². The lowest BCUT2D eigenvalue weighted by Gasteiger charge is -2.58. The molecule has 0 radical (unpaired) electrons. The van der Waals surface area contributed by atoms with E-state index in [2.05, 4.69) is 63.5 Å². The van der Waals surface area contributed by atoms with E-state index in [0.29, 0.717) is 29.2 Å². The molecule has 2 aromatic rings. The molecule has 3 aliphatic carbocycles. The maximum absolute atomic E-state index is 14.1. The molecule has 212 valence electrons. The largest absolute Gasteiger partial charge is 0.387 e. The maximum atomic E-state index is 14.1. The lowest BCUT2D eigenvalue weighted by Crippen LogP contribution is -2.57. The third kappa shape index (κ3) is 4.51. The summed E-state index contributed by atoms with van der Waals surface area (Å²) >= 11 is 6.14. The van der Waals surface area contributed by atoms with Gasteiger partial charge in [-0.25, -0.2) is 0 Å². The molecular weight excluding hydrogens is 516 g/mol. The molecule has 40 heavy (non-hydrogen) atoms. The number of anilines is 1. The summed E-state index contributed by atoms with van der Waals surface area (Å²) in [6.45, 7) is 12.3. The molecule has 2 saturated carbocycles. The normalized spacial score (nSPS) is 33.2. The zero-order valence-electron chi connectivity index (χ0n) is 24.6. The fraction of sp³-hybridized carbons (Fsp3) is 0.543. The second kappa shape index (κ2) is 9.76. The summed E-state index contributed by atoms with van der Waals surface area (Å²) in [4.78, 5) is 26.3. The molecule has 1 heterocycles. The average Bonchev–Trinajstić information content (AvgIpc) is 3.26. The van der Waals surface area contributed by atoms with Crippen LogP contribution in [0.2, 0.25) is 5.02 Å². The van der Waals surface area contributed by atoms with Crippen LogP contribution < -0.4 is 10.6 Å². The number of ketones is 1. The van der Waals surface area contributed by atoms with Crippen LogP contribution in [0.4, 0.5) is 5.69 Å². The number of carbonyl (C=O) groups excluding carboxylic acids is 2. The maximum Gasteiger partial charge on any atom is 0.228 e. The van der Waals surface area contributed by atoms with Crippen LogP contribution in [0.15, 0.2) is 54.2 Å². The van der Waals surface area contributed by atoms with Gasteiger partial charge in [0.25, 0.3) is 0 Å². The zero-order chi connectivity index (χ0) is 28.4. The highest BCUT2D eigenvalue weighted by Gasteiger charge is 2.60. The van der Waals surface area contributed by atoms with E-state index in [1.54, 1.807) is 0 Å². The quantitative estimate of drug-likeness (QED) is 0.399. The average molecular weight is 559 g/mol. The van der Waals surface area contributed by atoms with Crippen LogP contribution in [0.1, 0.15) is 78.7 Å². The molecule has 3 fully saturated rings. The van der Waals surface area contributed by atoms with Crippen molar-refractivity contribution in [3.8, 4) is 11.1 Å². The SMILES string of the molecule is CC(C)(C)c1ccc(-c2ccc(Cl)cc2)cc1NC(=O)[C@H]1CC[C@H]2[C@@H]3CNC4=CC(=O)CC[C@]4(C)[C@H]3CC[C@]12C. The number of piperidine rings is 1. The molecule has 6 rings (SSSR count). The van der Waals surface area contributed by atoms with Crippen LogP contribution in [0.25, 0.3) is 11.1 Å². The van der Waals surface area contributed by atoms with Gasteiger partial charge in [0.05, 0.1) is 0 Å². The molecular formula is C35H43ClN2O2. The van der Waals surface area contributed by atoms with Crippen molar-refractivity contribution in [3.05, 3.63) is 64.8 Å². The third-order valence-corrected chi connectivity index (χ3v) is 11.4. The Balaban J connectivity index is 1.26. The molecule has 4 aliphatic rings. The first kappa shape index (κ1) is 27.6. The highest BCUT2D eigenvalue weighted by molar-refractivity contribution is 6.30. The van der Waals surface area contributed by atoms with E-state index in [1.165, 1.54) is 0 Å². The number of nitrogens with one attached hydrogen (secondary N) is 2. The molecule has 2 N–H and O–H groups in total. The van der Waals surface area contributed by atoms with Crippen LogP contribution >= 0.6 is 11.6 Å². The second-order valence-corrected chi connectivity index (χ2v) is 14.8. The molecule has 1 amide bonds. The predicted octanol–water partition coefficient (Wildman–Crippen LogP) is 8.16. The number of fused-ring (bicyclic) bond motifs is 5. The highest BCUT2D eigenvalue weighted by atomic mass is 35.5. The second-order valence-electron chi connectivity index (χ2n) is 14.4. The molecule has 2 aromatic carbocycles. The van der Waals surface area contributed by atoms with Crippen molar-refractivity contribution in [2.24, 2.45) is 34.5 Å². The first-order valence-corrected chi connectivity index (χ1v) is 15.5. The van der Waals surface area contributed by atoms with Gasteiger partial charge in [0.15, 0.2) is 5.78 Å². The van der Waals surface area contributed by atoms with Crippen molar-refractivity contribution in [3.63, 3.8) is 0 Å². The summed E-state index contributed by atoms with van der Waals surface area (Å²) in [6.07, 6.45) is 7.72. The number of halogens is 1. The Bertz CT molecular complexity index is 1370. The summed E-state index contributed by atoms with van der Waals surface area (Å²) in [5, 5.41) is 7.84. The predicted molar refractivity (Wildman–Crippen MR) is 163 cm³/mol. The minimum absolute atomic E-state index is 0.00290. The Kier molecular flexibility index (Phi) is 6.72. The summed E-state index contributed by atoms with van der Waals surface area (Å²) in [6, 6.07) is 14.3. The summed E-state index contributed by atoms with van der Waals surface area (Å²) < 4.78 is 0. The Labute approximate surface area is 244 Å². The minimum atomic E-state index is -0.100. The molecule has 1 saturated heterocycles. The van der Waals surface area contributed by atoms with E-state index in [0.717, 1.165) is 66.7 Å². The first-order chi connectivity index (χ1) is 18.9. The molecule has 4 nitrogen and oxygen atoms in total. The van der Waals surface area contributed by atoms with Crippen LogP contribution in [-0.4, -0.2) is 18.2 Å². The van der Waals surface area contributed by atoms with E-state index in [-0.39, 0.29) is 33.9 Å². The van der Waals surface area contributed by atoms with Gasteiger partial charge in [0, 0.05) is 46.8 Å². The smallest absolute Gasteiger partial charge is 0.228 e. The van der Waals surface area contributed by atoms with Crippen molar-refractivity contribution in [1.82, 2.24) is 5.32 Å². The molecule has 0 aromatic heterocycles. The van der Waals surface area contributed by atoms with Crippen LogP contribution in [-0.2, 0) is 15.0 Å². The fourth-order valence-electron chi connectivity index (χ4n) is 8.92. The van der Waals surface area contributed by atoms with Gasteiger partial charge < -0.3 is 10.6 Å². The third-order valence-electron chi connectivity index (χ3n) is 11.2. The number of hydrogen-bond donors (Lipinski definition) is 2. The summed E-state index contributed by atoms with van der Waals surface area (Å²) in [7, 11) is 0. The van der Waals surface area contributed by atoms with Gasteiger partial charge in [0.2, 0.25) is 5.91 Å². The molecule has 0 unspecified atom stereocenters. The Morgan fingerprint density at radius 3 is 2.42 bits per heavy atom. The fourth-order valence-corrected chi connectivity index (χ4v) is 9.04. The Morgan fingerprint density at radius 2 is 1.70 bits per heavy atom. The zero-order valence-corrected chi connectivity index (χ0v) is 25.3. The summed E-state index contributed by atoms with van der Waals surface area (Å²) in [5.74, 6) is 2.07. The van der Waals surface area contributed by atoms with Crippen LogP contribution in [0.5, 0.6) is 0 Å². The van der Waals surface area contributed by atoms with Crippen LogP contribution in [0.3, 0.4) is 0 Å². The standard InChI is InChI=1S/C35H43ClN2O2/c1-33(2,3)28-11-8-22(21-6-9-23(36)10-7-21)18-30(28)38-32(40)29-13-12-26-25-20-37-31-19-24(39)14-16-35(31,5)27(25)15-17-34(26,29)4/h6-11,18-19,25-27,29,37H,12-17,20H2,1-5H3,(H,38,40)/t25-,26-,27-,29+,34-,35+/m0/s1. The van der Waals surface area contributed by atoms with Gasteiger partial charge in [0.1, 0.15) is 0 Å². The van der Waals surface area contributed by atoms with Crippen molar-refractivity contribution < 1.29 is 9.59 Å². The molecule has 0 bridgehead atoms.